The molecule has 0 aliphatic carbocycles. The summed E-state index contributed by atoms with van der Waals surface area (Å²) in [6, 6.07) is 0. The van der Waals surface area contributed by atoms with Crippen LogP contribution in [0.25, 0.3) is 0 Å². The maximum absolute atomic E-state index is 5.52. The molecule has 0 N–H and O–H groups in total. The van der Waals surface area contributed by atoms with Crippen molar-refractivity contribution in [2.24, 2.45) is 0 Å². The third-order valence-electron chi connectivity index (χ3n) is 2.05. The van der Waals surface area contributed by atoms with Crippen molar-refractivity contribution in [2.45, 2.75) is 38.4 Å². The summed E-state index contributed by atoms with van der Waals surface area (Å²) < 4.78 is 10.9. The predicted molar refractivity (Wildman–Crippen MR) is 55.4 cm³/mol. The van der Waals surface area contributed by atoms with E-state index >= 15 is 0 Å². The summed E-state index contributed by atoms with van der Waals surface area (Å²) in [5.74, 6) is 7.72. The molecule has 0 amide bonds. The van der Waals surface area contributed by atoms with Gasteiger partial charge in [-0.05, 0) is 37.5 Å². The Labute approximate surface area is 86.0 Å². The number of hydrogen-bond donors (Lipinski definition) is 0. The van der Waals surface area contributed by atoms with Crippen LogP contribution in [0.3, 0.4) is 0 Å². The van der Waals surface area contributed by atoms with Crippen LogP contribution in [-0.4, -0.2) is 19.5 Å². The molecule has 1 unspecified atom stereocenters. The van der Waals surface area contributed by atoms with Gasteiger partial charge in [-0.15, -0.1) is 6.42 Å². The van der Waals surface area contributed by atoms with Gasteiger partial charge in [0, 0.05) is 13.0 Å². The summed E-state index contributed by atoms with van der Waals surface area (Å²) in [7, 11) is 0. The van der Waals surface area contributed by atoms with Crippen LogP contribution in [0.5, 0.6) is 0 Å². The Bertz CT molecular complexity index is 235. The van der Waals surface area contributed by atoms with Gasteiger partial charge in [-0.3, -0.25) is 0 Å². The molecule has 1 heterocycles. The van der Waals surface area contributed by atoms with E-state index < -0.39 is 0 Å². The molecule has 0 radical (unpaired) electrons. The Morgan fingerprint density at radius 2 is 2.36 bits per heavy atom. The third kappa shape index (κ3) is 4.92. The quantitative estimate of drug-likeness (QED) is 0.500. The highest BCUT2D eigenvalue weighted by atomic mass is 16.7. The fourth-order valence-corrected chi connectivity index (χ4v) is 1.33. The Balaban J connectivity index is 1.95. The molecule has 1 fully saturated rings. The van der Waals surface area contributed by atoms with E-state index in [1.54, 1.807) is 0 Å². The van der Waals surface area contributed by atoms with Gasteiger partial charge in [-0.2, -0.15) is 0 Å². The van der Waals surface area contributed by atoms with E-state index in [0.717, 1.165) is 32.3 Å². The van der Waals surface area contributed by atoms with Crippen LogP contribution in [0, 0.1) is 24.2 Å². The van der Waals surface area contributed by atoms with E-state index in [-0.39, 0.29) is 6.29 Å². The zero-order chi connectivity index (χ0) is 10.1. The molecule has 0 saturated carbocycles. The number of rotatable bonds is 4. The molecular formula is C12H16O2. The van der Waals surface area contributed by atoms with Crippen molar-refractivity contribution in [3.8, 4) is 24.2 Å². The van der Waals surface area contributed by atoms with Crippen molar-refractivity contribution in [3.63, 3.8) is 0 Å². The van der Waals surface area contributed by atoms with Crippen LogP contribution in [0.15, 0.2) is 0 Å². The molecule has 0 aromatic rings. The van der Waals surface area contributed by atoms with Crippen molar-refractivity contribution in [1.82, 2.24) is 0 Å². The van der Waals surface area contributed by atoms with E-state index in [4.69, 9.17) is 15.9 Å². The second-order valence-electron chi connectivity index (χ2n) is 3.22. The first-order valence-electron chi connectivity index (χ1n) is 5.10. The lowest BCUT2D eigenvalue weighted by Crippen LogP contribution is -2.22. The monoisotopic (exact) mass is 192 g/mol. The third-order valence-corrected chi connectivity index (χ3v) is 2.05. The van der Waals surface area contributed by atoms with Gasteiger partial charge >= 0.3 is 0 Å². The van der Waals surface area contributed by atoms with E-state index in [0.29, 0.717) is 6.61 Å². The maximum atomic E-state index is 5.52. The van der Waals surface area contributed by atoms with Gasteiger partial charge < -0.3 is 9.47 Å². The van der Waals surface area contributed by atoms with Gasteiger partial charge in [-0.1, -0.05) is 5.92 Å². The minimum Gasteiger partial charge on any atom is -0.353 e. The zero-order valence-corrected chi connectivity index (χ0v) is 8.42. The average Bonchev–Trinajstić information content (AvgIpc) is 2.25. The number of terminal acetylenes is 1. The molecule has 0 aromatic heterocycles. The van der Waals surface area contributed by atoms with Crippen LogP contribution in [0.2, 0.25) is 0 Å². The van der Waals surface area contributed by atoms with Gasteiger partial charge in [-0.25, -0.2) is 0 Å². The largest absolute Gasteiger partial charge is 0.353 e. The summed E-state index contributed by atoms with van der Waals surface area (Å²) in [5.41, 5.74) is 0. The van der Waals surface area contributed by atoms with Crippen molar-refractivity contribution in [3.05, 3.63) is 0 Å². The Morgan fingerprint density at radius 1 is 1.43 bits per heavy atom. The normalized spacial score (nSPS) is 20.6. The molecule has 0 bridgehead atoms. The van der Waals surface area contributed by atoms with Crippen molar-refractivity contribution >= 4 is 0 Å². The van der Waals surface area contributed by atoms with E-state index in [1.165, 1.54) is 6.42 Å². The second-order valence-corrected chi connectivity index (χ2v) is 3.22. The predicted octanol–water partition coefficient (Wildman–Crippen LogP) is 1.95. The molecule has 2 nitrogen and oxygen atoms in total. The van der Waals surface area contributed by atoms with Crippen molar-refractivity contribution in [2.75, 3.05) is 13.2 Å². The molecule has 1 rings (SSSR count). The topological polar surface area (TPSA) is 18.5 Å². The van der Waals surface area contributed by atoms with E-state index in [2.05, 4.69) is 17.8 Å². The minimum atomic E-state index is 0.0179. The molecule has 2 heteroatoms. The standard InChI is InChI=1S/C12H16O2/c1-2-3-4-5-7-10-13-12-9-6-8-11-14-12/h1,12H,5-11H2. The first kappa shape index (κ1) is 11.1. The van der Waals surface area contributed by atoms with E-state index in [1.807, 2.05) is 0 Å². The second kappa shape index (κ2) is 7.44. The summed E-state index contributed by atoms with van der Waals surface area (Å²) in [6.45, 7) is 1.55. The summed E-state index contributed by atoms with van der Waals surface area (Å²) in [4.78, 5) is 0. The van der Waals surface area contributed by atoms with Crippen LogP contribution in [-0.2, 0) is 9.47 Å². The molecular weight excluding hydrogens is 176 g/mol. The Morgan fingerprint density at radius 3 is 3.07 bits per heavy atom. The Kier molecular flexibility index (Phi) is 5.91. The van der Waals surface area contributed by atoms with Gasteiger partial charge in [0.1, 0.15) is 0 Å². The number of unbranched alkanes of at least 4 members (excludes halogenated alkanes) is 1. The van der Waals surface area contributed by atoms with Gasteiger partial charge in [0.2, 0.25) is 0 Å². The Hall–Kier alpha value is -0.960. The lowest BCUT2D eigenvalue weighted by Gasteiger charge is -2.22. The summed E-state index contributed by atoms with van der Waals surface area (Å²) in [5, 5.41) is 0. The summed E-state index contributed by atoms with van der Waals surface area (Å²) in [6.07, 6.45) is 10.1. The molecule has 76 valence electrons. The van der Waals surface area contributed by atoms with Crippen LogP contribution < -0.4 is 0 Å². The molecule has 1 atom stereocenters. The SMILES string of the molecule is C#CC#CCCCOC1CCCCO1. The fraction of sp³-hybridized carbons (Fsp3) is 0.667. The lowest BCUT2D eigenvalue weighted by molar-refractivity contribution is -0.162. The first-order chi connectivity index (χ1) is 6.93. The zero-order valence-electron chi connectivity index (χ0n) is 8.42. The highest BCUT2D eigenvalue weighted by Crippen LogP contribution is 2.13. The molecule has 1 aliphatic rings. The van der Waals surface area contributed by atoms with Gasteiger partial charge in [0.15, 0.2) is 6.29 Å². The molecule has 14 heavy (non-hydrogen) atoms. The average molecular weight is 192 g/mol. The summed E-state index contributed by atoms with van der Waals surface area (Å²) >= 11 is 0. The minimum absolute atomic E-state index is 0.0179. The van der Waals surface area contributed by atoms with E-state index in [9.17, 15) is 0 Å². The first-order valence-corrected chi connectivity index (χ1v) is 5.10. The molecule has 1 aliphatic heterocycles. The van der Waals surface area contributed by atoms with Crippen LogP contribution in [0.1, 0.15) is 32.1 Å². The number of hydrogen-bond acceptors (Lipinski definition) is 2. The molecule has 1 saturated heterocycles. The fourth-order valence-electron chi connectivity index (χ4n) is 1.33. The van der Waals surface area contributed by atoms with Gasteiger partial charge in [0.05, 0.1) is 6.61 Å². The lowest BCUT2D eigenvalue weighted by atomic mass is 10.2. The molecule has 0 aromatic carbocycles. The maximum Gasteiger partial charge on any atom is 0.157 e. The number of ether oxygens (including phenoxy) is 2. The highest BCUT2D eigenvalue weighted by molar-refractivity contribution is 5.21. The van der Waals surface area contributed by atoms with Crippen molar-refractivity contribution in [1.29, 1.82) is 0 Å². The van der Waals surface area contributed by atoms with Crippen LogP contribution in [0.4, 0.5) is 0 Å². The smallest absolute Gasteiger partial charge is 0.157 e. The van der Waals surface area contributed by atoms with Crippen LogP contribution >= 0.6 is 0 Å². The van der Waals surface area contributed by atoms with Crippen molar-refractivity contribution < 1.29 is 9.47 Å². The molecule has 0 spiro atoms. The highest BCUT2D eigenvalue weighted by Gasteiger charge is 2.12. The van der Waals surface area contributed by atoms with Gasteiger partial charge in [0.25, 0.3) is 0 Å².